The predicted molar refractivity (Wildman–Crippen MR) is 90.7 cm³/mol. The van der Waals surface area contributed by atoms with Crippen molar-refractivity contribution in [3.05, 3.63) is 22.7 Å². The Morgan fingerprint density at radius 3 is 2.68 bits per heavy atom. The van der Waals surface area contributed by atoms with E-state index in [9.17, 15) is 4.79 Å². The van der Waals surface area contributed by atoms with Gasteiger partial charge in [-0.2, -0.15) is 0 Å². The van der Waals surface area contributed by atoms with Gasteiger partial charge in [0.15, 0.2) is 5.69 Å². The van der Waals surface area contributed by atoms with Crippen LogP contribution in [0.2, 0.25) is 5.02 Å². The van der Waals surface area contributed by atoms with Gasteiger partial charge in [0.05, 0.1) is 11.2 Å². The van der Waals surface area contributed by atoms with E-state index in [2.05, 4.69) is 9.97 Å². The second-order valence-electron chi connectivity index (χ2n) is 6.00. The van der Waals surface area contributed by atoms with Gasteiger partial charge in [0.1, 0.15) is 5.82 Å². The first kappa shape index (κ1) is 19.1. The molecule has 124 valence electrons. The number of carbonyl (C=O) groups excluding carboxylic acids is 1. The summed E-state index contributed by atoms with van der Waals surface area (Å²) in [6, 6.07) is -0.000728. The number of nitrogens with two attached hydrogens (primary N) is 1. The maximum Gasteiger partial charge on any atom is 0.274 e. The minimum atomic E-state index is -0.133. The molecule has 1 amide bonds. The number of hydrogen-bond donors (Lipinski definition) is 1. The molecule has 0 aromatic carbocycles. The second kappa shape index (κ2) is 8.09. The number of hydrogen-bond acceptors (Lipinski definition) is 4. The van der Waals surface area contributed by atoms with E-state index in [1.807, 2.05) is 25.7 Å². The molecule has 2 unspecified atom stereocenters. The lowest BCUT2D eigenvalue weighted by atomic mass is 9.96. The average molecular weight is 347 g/mol. The smallest absolute Gasteiger partial charge is 0.274 e. The molecule has 0 aliphatic carbocycles. The molecule has 2 heterocycles. The fraction of sp³-hybridized carbons (Fsp3) is 0.667. The van der Waals surface area contributed by atoms with E-state index in [-0.39, 0.29) is 36.3 Å². The van der Waals surface area contributed by atoms with E-state index >= 15 is 0 Å². The summed E-state index contributed by atoms with van der Waals surface area (Å²) in [7, 11) is 0. The molecule has 5 nitrogen and oxygen atoms in total. The van der Waals surface area contributed by atoms with Gasteiger partial charge in [-0.1, -0.05) is 25.4 Å². The maximum absolute atomic E-state index is 12.8. The molecular weight excluding hydrogens is 323 g/mol. The maximum atomic E-state index is 12.8. The zero-order chi connectivity index (χ0) is 15.6. The number of carbonyl (C=O) groups is 1. The first-order valence-electron chi connectivity index (χ1n) is 7.50. The average Bonchev–Trinajstić information content (AvgIpc) is 2.46. The van der Waals surface area contributed by atoms with Crippen LogP contribution in [0.3, 0.4) is 0 Å². The van der Waals surface area contributed by atoms with E-state index in [1.165, 1.54) is 6.20 Å². The van der Waals surface area contributed by atoms with E-state index < -0.39 is 0 Å². The summed E-state index contributed by atoms with van der Waals surface area (Å²) < 4.78 is 0. The lowest BCUT2D eigenvalue weighted by Gasteiger charge is -2.38. The molecule has 0 spiro atoms. The quantitative estimate of drug-likeness (QED) is 0.912. The number of halogens is 2. The Bertz CT molecular complexity index is 522. The topological polar surface area (TPSA) is 72.1 Å². The van der Waals surface area contributed by atoms with Crippen molar-refractivity contribution in [1.29, 1.82) is 0 Å². The van der Waals surface area contributed by atoms with Crippen LogP contribution in [-0.2, 0) is 0 Å². The molecule has 1 aliphatic rings. The van der Waals surface area contributed by atoms with Crippen molar-refractivity contribution in [3.63, 3.8) is 0 Å². The second-order valence-corrected chi connectivity index (χ2v) is 6.41. The molecule has 2 N–H and O–H groups in total. The molecule has 1 aliphatic heterocycles. The molecule has 1 saturated heterocycles. The van der Waals surface area contributed by atoms with Crippen molar-refractivity contribution in [2.24, 2.45) is 5.73 Å². The number of likely N-dealkylation sites (tertiary alicyclic amines) is 1. The molecule has 0 saturated carbocycles. The van der Waals surface area contributed by atoms with Crippen LogP contribution in [0.25, 0.3) is 0 Å². The van der Waals surface area contributed by atoms with Gasteiger partial charge in [-0.05, 0) is 26.2 Å². The van der Waals surface area contributed by atoms with E-state index in [0.29, 0.717) is 23.1 Å². The van der Waals surface area contributed by atoms with Crippen LogP contribution >= 0.6 is 24.0 Å². The van der Waals surface area contributed by atoms with Crippen LogP contribution in [0.15, 0.2) is 6.20 Å². The Kier molecular flexibility index (Phi) is 7.03. The first-order chi connectivity index (χ1) is 9.91. The fourth-order valence-electron chi connectivity index (χ4n) is 2.70. The number of nitrogens with zero attached hydrogens (tertiary/aromatic N) is 3. The molecule has 1 aromatic heterocycles. The van der Waals surface area contributed by atoms with Gasteiger partial charge >= 0.3 is 0 Å². The van der Waals surface area contributed by atoms with Crippen molar-refractivity contribution >= 4 is 29.9 Å². The van der Waals surface area contributed by atoms with Crippen LogP contribution in [0.1, 0.15) is 62.3 Å². The zero-order valence-corrected chi connectivity index (χ0v) is 14.8. The largest absolute Gasteiger partial charge is 0.333 e. The van der Waals surface area contributed by atoms with Crippen molar-refractivity contribution < 1.29 is 4.79 Å². The van der Waals surface area contributed by atoms with Crippen LogP contribution in [0.4, 0.5) is 0 Å². The summed E-state index contributed by atoms with van der Waals surface area (Å²) in [5.74, 6) is 0.655. The van der Waals surface area contributed by atoms with Gasteiger partial charge in [-0.25, -0.2) is 9.97 Å². The number of rotatable bonds is 3. The lowest BCUT2D eigenvalue weighted by Crippen LogP contribution is -2.52. The number of aromatic nitrogens is 2. The molecule has 0 bridgehead atoms. The SMILES string of the molecule is CC(C)c1ncc(Cl)c(C(=O)N2CCCCC2C(C)N)n1.Cl. The summed E-state index contributed by atoms with van der Waals surface area (Å²) >= 11 is 6.14. The Balaban J connectivity index is 0.00000242. The summed E-state index contributed by atoms with van der Waals surface area (Å²) in [5.41, 5.74) is 6.32. The highest BCUT2D eigenvalue weighted by Gasteiger charge is 2.31. The summed E-state index contributed by atoms with van der Waals surface area (Å²) in [6.07, 6.45) is 4.55. The van der Waals surface area contributed by atoms with Gasteiger partial charge < -0.3 is 10.6 Å². The highest BCUT2D eigenvalue weighted by molar-refractivity contribution is 6.33. The van der Waals surface area contributed by atoms with Crippen molar-refractivity contribution in [2.45, 2.75) is 58.0 Å². The monoisotopic (exact) mass is 346 g/mol. The normalized spacial score (nSPS) is 19.7. The van der Waals surface area contributed by atoms with E-state index in [1.54, 1.807) is 0 Å². The van der Waals surface area contributed by atoms with Crippen LogP contribution in [-0.4, -0.2) is 39.4 Å². The summed E-state index contributed by atoms with van der Waals surface area (Å²) in [5, 5.41) is 0.304. The Morgan fingerprint density at radius 1 is 1.41 bits per heavy atom. The van der Waals surface area contributed by atoms with Crippen LogP contribution < -0.4 is 5.73 Å². The first-order valence-corrected chi connectivity index (χ1v) is 7.88. The molecule has 0 radical (unpaired) electrons. The Morgan fingerprint density at radius 2 is 2.09 bits per heavy atom. The molecule has 1 fully saturated rings. The van der Waals surface area contributed by atoms with Gasteiger partial charge in [0, 0.05) is 24.5 Å². The van der Waals surface area contributed by atoms with Crippen molar-refractivity contribution in [2.75, 3.05) is 6.54 Å². The van der Waals surface area contributed by atoms with Gasteiger partial charge in [0.2, 0.25) is 0 Å². The fourth-order valence-corrected chi connectivity index (χ4v) is 2.87. The Hall–Kier alpha value is -0.910. The molecule has 1 aromatic rings. The third-order valence-electron chi connectivity index (χ3n) is 3.90. The molecule has 2 atom stereocenters. The van der Waals surface area contributed by atoms with Crippen molar-refractivity contribution in [3.8, 4) is 0 Å². The number of amides is 1. The molecular formula is C15H24Cl2N4O. The molecule has 22 heavy (non-hydrogen) atoms. The highest BCUT2D eigenvalue weighted by atomic mass is 35.5. The lowest BCUT2D eigenvalue weighted by molar-refractivity contribution is 0.0577. The van der Waals surface area contributed by atoms with Crippen molar-refractivity contribution in [1.82, 2.24) is 14.9 Å². The molecule has 7 heteroatoms. The standard InChI is InChI=1S/C15H23ClN4O.ClH/c1-9(2)14-18-8-11(16)13(19-14)15(21)20-7-5-4-6-12(20)10(3)17;/h8-10,12H,4-7,17H2,1-3H3;1H. The third kappa shape index (κ3) is 4.09. The number of piperidine rings is 1. The zero-order valence-electron chi connectivity index (χ0n) is 13.3. The summed E-state index contributed by atoms with van der Waals surface area (Å²) in [6.45, 7) is 6.63. The van der Waals surface area contributed by atoms with Gasteiger partial charge in [-0.3, -0.25) is 4.79 Å². The van der Waals surface area contributed by atoms with E-state index in [4.69, 9.17) is 17.3 Å². The van der Waals surface area contributed by atoms with Gasteiger partial charge in [0.25, 0.3) is 5.91 Å². The van der Waals surface area contributed by atoms with Crippen LogP contribution in [0.5, 0.6) is 0 Å². The Labute approximate surface area is 143 Å². The predicted octanol–water partition coefficient (Wildman–Crippen LogP) is 3.02. The van der Waals surface area contributed by atoms with Crippen LogP contribution in [0, 0.1) is 0 Å². The minimum absolute atomic E-state index is 0. The molecule has 2 rings (SSSR count). The highest BCUT2D eigenvalue weighted by Crippen LogP contribution is 2.24. The minimum Gasteiger partial charge on any atom is -0.333 e. The third-order valence-corrected chi connectivity index (χ3v) is 4.18. The van der Waals surface area contributed by atoms with Gasteiger partial charge in [-0.15, -0.1) is 12.4 Å². The van der Waals surface area contributed by atoms with E-state index in [0.717, 1.165) is 19.3 Å². The summed E-state index contributed by atoms with van der Waals surface area (Å²) in [4.78, 5) is 23.2.